The Morgan fingerprint density at radius 3 is 2.92 bits per heavy atom. The van der Waals surface area contributed by atoms with Crippen LogP contribution in [0.4, 0.5) is 11.5 Å². The van der Waals surface area contributed by atoms with Crippen LogP contribution in [0.5, 0.6) is 5.75 Å². The van der Waals surface area contributed by atoms with Crippen molar-refractivity contribution in [2.45, 2.75) is 13.5 Å². The van der Waals surface area contributed by atoms with Gasteiger partial charge in [0.2, 0.25) is 0 Å². The molecular formula is C20H16ClN3O2. The number of aryl methyl sites for hydroxylation is 1. The third kappa shape index (κ3) is 3.34. The van der Waals surface area contributed by atoms with Crippen molar-refractivity contribution in [1.82, 2.24) is 10.1 Å². The topological polar surface area (TPSA) is 60.2 Å². The van der Waals surface area contributed by atoms with Crippen LogP contribution in [0, 0.1) is 6.92 Å². The average molecular weight is 366 g/mol. The summed E-state index contributed by atoms with van der Waals surface area (Å²) in [5, 5.41) is 8.82. The van der Waals surface area contributed by atoms with Crippen molar-refractivity contribution in [3.8, 4) is 5.75 Å². The van der Waals surface area contributed by atoms with E-state index in [0.29, 0.717) is 28.8 Å². The molecule has 0 aliphatic rings. The third-order valence-corrected chi connectivity index (χ3v) is 4.31. The van der Waals surface area contributed by atoms with Crippen molar-refractivity contribution >= 4 is 34.1 Å². The second kappa shape index (κ2) is 7.06. The summed E-state index contributed by atoms with van der Waals surface area (Å²) >= 11 is 6.10. The Balaban J connectivity index is 1.64. The van der Waals surface area contributed by atoms with Crippen LogP contribution in [0.2, 0.25) is 5.02 Å². The van der Waals surface area contributed by atoms with E-state index < -0.39 is 0 Å². The molecule has 2 heterocycles. The molecule has 0 atom stereocenters. The fraction of sp³-hybridized carbons (Fsp3) is 0.100. The molecule has 0 radical (unpaired) electrons. The fourth-order valence-corrected chi connectivity index (χ4v) is 2.89. The highest BCUT2D eigenvalue weighted by Gasteiger charge is 2.14. The minimum Gasteiger partial charge on any atom is -0.488 e. The van der Waals surface area contributed by atoms with E-state index in [-0.39, 0.29) is 0 Å². The number of benzene rings is 2. The number of hydrogen-bond acceptors (Lipinski definition) is 5. The van der Waals surface area contributed by atoms with Crippen LogP contribution in [0.15, 0.2) is 65.4 Å². The summed E-state index contributed by atoms with van der Waals surface area (Å²) in [5.74, 6) is 1.28. The van der Waals surface area contributed by atoms with Gasteiger partial charge >= 0.3 is 0 Å². The number of nitrogens with zero attached hydrogens (tertiary/aromatic N) is 2. The summed E-state index contributed by atoms with van der Waals surface area (Å²) in [7, 11) is 0. The fourth-order valence-electron chi connectivity index (χ4n) is 2.69. The lowest BCUT2D eigenvalue weighted by Crippen LogP contribution is -1.99. The molecule has 1 N–H and O–H groups in total. The average Bonchev–Trinajstić information content (AvgIpc) is 3.07. The Bertz CT molecular complexity index is 1050. The summed E-state index contributed by atoms with van der Waals surface area (Å²) < 4.78 is 11.5. The van der Waals surface area contributed by atoms with Crippen LogP contribution < -0.4 is 10.1 Å². The van der Waals surface area contributed by atoms with Gasteiger partial charge in [-0.15, -0.1) is 0 Å². The van der Waals surface area contributed by atoms with Crippen molar-refractivity contribution in [3.05, 3.63) is 77.1 Å². The lowest BCUT2D eigenvalue weighted by Gasteiger charge is -2.10. The Labute approximate surface area is 155 Å². The molecule has 0 saturated carbocycles. The largest absolute Gasteiger partial charge is 0.488 e. The van der Waals surface area contributed by atoms with Crippen LogP contribution in [0.25, 0.3) is 11.0 Å². The van der Waals surface area contributed by atoms with Gasteiger partial charge in [-0.05, 0) is 54.4 Å². The highest BCUT2D eigenvalue weighted by Crippen LogP contribution is 2.34. The molecule has 0 spiro atoms. The van der Waals surface area contributed by atoms with Crippen LogP contribution in [0.3, 0.4) is 0 Å². The lowest BCUT2D eigenvalue weighted by molar-refractivity contribution is 0.309. The van der Waals surface area contributed by atoms with E-state index in [1.54, 1.807) is 12.4 Å². The number of hydrogen-bond donors (Lipinski definition) is 1. The summed E-state index contributed by atoms with van der Waals surface area (Å²) in [5.41, 5.74) is 3.63. The van der Waals surface area contributed by atoms with Gasteiger partial charge in [-0.25, -0.2) is 0 Å². The summed E-state index contributed by atoms with van der Waals surface area (Å²) in [6, 6.07) is 15.2. The van der Waals surface area contributed by atoms with Crippen molar-refractivity contribution in [2.24, 2.45) is 0 Å². The standard InChI is InChI=1S/C20H16ClN3O2/c1-13-7-8-15(21)10-14(13)12-25-17-5-2-6-18-19(17)20(24-26-18)23-16-4-3-9-22-11-16/h2-11H,12H2,1H3,(H,23,24). The Hall–Kier alpha value is -3.05. The number of halogens is 1. The highest BCUT2D eigenvalue weighted by atomic mass is 35.5. The van der Waals surface area contributed by atoms with Gasteiger partial charge in [0, 0.05) is 11.2 Å². The monoisotopic (exact) mass is 365 g/mol. The van der Waals surface area contributed by atoms with Crippen LogP contribution >= 0.6 is 11.6 Å². The first-order chi connectivity index (χ1) is 12.7. The first-order valence-electron chi connectivity index (χ1n) is 8.14. The summed E-state index contributed by atoms with van der Waals surface area (Å²) in [6.07, 6.45) is 3.44. The molecule has 2 aromatic carbocycles. The maximum absolute atomic E-state index is 6.10. The predicted molar refractivity (Wildman–Crippen MR) is 102 cm³/mol. The third-order valence-electron chi connectivity index (χ3n) is 4.08. The van der Waals surface area contributed by atoms with Crippen LogP contribution in [-0.2, 0) is 6.61 Å². The molecular weight excluding hydrogens is 350 g/mol. The van der Waals surface area contributed by atoms with Crippen molar-refractivity contribution in [1.29, 1.82) is 0 Å². The zero-order valence-electron chi connectivity index (χ0n) is 14.1. The van der Waals surface area contributed by atoms with Gasteiger partial charge in [-0.2, -0.15) is 0 Å². The molecule has 0 aliphatic carbocycles. The summed E-state index contributed by atoms with van der Waals surface area (Å²) in [6.45, 7) is 2.44. The Morgan fingerprint density at radius 2 is 2.08 bits per heavy atom. The van der Waals surface area contributed by atoms with Gasteiger partial charge < -0.3 is 14.6 Å². The maximum Gasteiger partial charge on any atom is 0.185 e. The molecule has 0 unspecified atom stereocenters. The predicted octanol–water partition coefficient (Wildman–Crippen LogP) is 5.51. The van der Waals surface area contributed by atoms with Gasteiger partial charge in [0.25, 0.3) is 0 Å². The van der Waals surface area contributed by atoms with E-state index in [0.717, 1.165) is 22.2 Å². The number of nitrogens with one attached hydrogen (secondary N) is 1. The Kier molecular flexibility index (Phi) is 4.46. The molecule has 2 aromatic heterocycles. The molecule has 4 rings (SSSR count). The second-order valence-electron chi connectivity index (χ2n) is 5.89. The van der Waals surface area contributed by atoms with Gasteiger partial charge in [-0.1, -0.05) is 28.9 Å². The van der Waals surface area contributed by atoms with Crippen molar-refractivity contribution in [3.63, 3.8) is 0 Å². The zero-order chi connectivity index (χ0) is 17.9. The van der Waals surface area contributed by atoms with Crippen LogP contribution in [0.1, 0.15) is 11.1 Å². The van der Waals surface area contributed by atoms with E-state index in [9.17, 15) is 0 Å². The highest BCUT2D eigenvalue weighted by molar-refractivity contribution is 6.30. The molecule has 6 heteroatoms. The number of fused-ring (bicyclic) bond motifs is 1. The first-order valence-corrected chi connectivity index (χ1v) is 8.52. The van der Waals surface area contributed by atoms with E-state index in [4.69, 9.17) is 20.9 Å². The van der Waals surface area contributed by atoms with E-state index >= 15 is 0 Å². The van der Waals surface area contributed by atoms with Gasteiger partial charge in [0.15, 0.2) is 11.4 Å². The van der Waals surface area contributed by atoms with Gasteiger partial charge in [-0.3, -0.25) is 4.98 Å². The minimum absolute atomic E-state index is 0.406. The first kappa shape index (κ1) is 16.4. The number of anilines is 2. The molecule has 4 aromatic rings. The second-order valence-corrected chi connectivity index (χ2v) is 6.32. The van der Waals surface area contributed by atoms with Gasteiger partial charge in [0.05, 0.1) is 11.9 Å². The van der Waals surface area contributed by atoms with Crippen molar-refractivity contribution < 1.29 is 9.26 Å². The zero-order valence-corrected chi connectivity index (χ0v) is 14.8. The number of aromatic nitrogens is 2. The number of rotatable bonds is 5. The smallest absolute Gasteiger partial charge is 0.185 e. The molecule has 130 valence electrons. The Morgan fingerprint density at radius 1 is 1.15 bits per heavy atom. The van der Waals surface area contributed by atoms with Crippen LogP contribution in [-0.4, -0.2) is 10.1 Å². The SMILES string of the molecule is Cc1ccc(Cl)cc1COc1cccc2onc(Nc3cccnc3)c12. The molecule has 0 bridgehead atoms. The molecule has 5 nitrogen and oxygen atoms in total. The quantitative estimate of drug-likeness (QED) is 0.505. The van der Waals surface area contributed by atoms with Crippen molar-refractivity contribution in [2.75, 3.05) is 5.32 Å². The molecule has 0 fully saturated rings. The molecule has 0 saturated heterocycles. The number of pyridine rings is 1. The molecule has 0 amide bonds. The molecule has 26 heavy (non-hydrogen) atoms. The van der Waals surface area contributed by atoms with Gasteiger partial charge in [0.1, 0.15) is 17.7 Å². The number of ether oxygens (including phenoxy) is 1. The normalized spacial score (nSPS) is 10.8. The lowest BCUT2D eigenvalue weighted by atomic mass is 10.1. The summed E-state index contributed by atoms with van der Waals surface area (Å²) in [4.78, 5) is 4.10. The molecule has 0 aliphatic heterocycles. The van der Waals surface area contributed by atoms with E-state index in [1.807, 2.05) is 55.5 Å². The minimum atomic E-state index is 0.406. The van der Waals surface area contributed by atoms with E-state index in [2.05, 4.69) is 15.5 Å². The maximum atomic E-state index is 6.10. The van der Waals surface area contributed by atoms with E-state index in [1.165, 1.54) is 0 Å².